The van der Waals surface area contributed by atoms with E-state index in [0.717, 1.165) is 22.5 Å². The first-order valence-electron chi connectivity index (χ1n) is 4.02. The van der Waals surface area contributed by atoms with Gasteiger partial charge in [0.05, 0.1) is 15.7 Å². The van der Waals surface area contributed by atoms with Crippen LogP contribution in [0.5, 0.6) is 0 Å². The fraction of sp³-hybridized carbons (Fsp3) is 0.333. The third kappa shape index (κ3) is 3.54. The van der Waals surface area contributed by atoms with Gasteiger partial charge in [-0.25, -0.2) is 0 Å². The third-order valence-corrected chi connectivity index (χ3v) is 3.28. The minimum Gasteiger partial charge on any atom is -0.382 e. The average Bonchev–Trinajstić information content (AvgIpc) is 2.09. The fourth-order valence-electron chi connectivity index (χ4n) is 0.989. The average molecular weight is 315 g/mol. The largest absolute Gasteiger partial charge is 0.382 e. The van der Waals surface area contributed by atoms with Crippen LogP contribution >= 0.6 is 50.9 Å². The second kappa shape index (κ2) is 6.11. The molecule has 0 fully saturated rings. The summed E-state index contributed by atoms with van der Waals surface area (Å²) in [6.45, 7) is 0.863. The minimum atomic E-state index is 0.644. The first-order valence-corrected chi connectivity index (χ1v) is 6.96. The van der Waals surface area contributed by atoms with Crippen LogP contribution in [-0.2, 0) is 0 Å². The molecule has 1 N–H and O–H groups in total. The van der Waals surface area contributed by atoms with E-state index in [2.05, 4.69) is 27.5 Å². The Morgan fingerprint density at radius 3 is 2.43 bits per heavy atom. The Balaban J connectivity index is 2.75. The van der Waals surface area contributed by atoms with Crippen molar-refractivity contribution in [3.05, 3.63) is 26.7 Å². The van der Waals surface area contributed by atoms with Crippen LogP contribution in [-0.4, -0.2) is 18.6 Å². The summed E-state index contributed by atoms with van der Waals surface area (Å²) < 4.78 is 0.892. The monoisotopic (exact) mass is 313 g/mol. The summed E-state index contributed by atoms with van der Waals surface area (Å²) in [7, 11) is 0. The number of benzene rings is 1. The van der Waals surface area contributed by atoms with Crippen LogP contribution in [0, 0.1) is 0 Å². The maximum atomic E-state index is 6.03. The number of rotatable bonds is 4. The Hall–Kier alpha value is 0.430. The molecule has 5 heteroatoms. The lowest BCUT2D eigenvalue weighted by molar-refractivity contribution is 1.23. The van der Waals surface area contributed by atoms with E-state index in [-0.39, 0.29) is 0 Å². The van der Waals surface area contributed by atoms with Gasteiger partial charge >= 0.3 is 0 Å². The van der Waals surface area contributed by atoms with Gasteiger partial charge in [0.1, 0.15) is 0 Å². The first kappa shape index (κ1) is 12.5. The summed E-state index contributed by atoms with van der Waals surface area (Å²) in [6, 6.07) is 3.66. The summed E-state index contributed by atoms with van der Waals surface area (Å²) in [5.74, 6) is 1.03. The predicted molar refractivity (Wildman–Crippen MR) is 71.0 cm³/mol. The Labute approximate surface area is 107 Å². The summed E-state index contributed by atoms with van der Waals surface area (Å²) >= 11 is 17.2. The molecule has 0 heterocycles. The molecule has 1 rings (SSSR count). The molecule has 0 aliphatic heterocycles. The number of thioether (sulfide) groups is 1. The lowest BCUT2D eigenvalue weighted by Crippen LogP contribution is -2.04. The zero-order chi connectivity index (χ0) is 10.6. The quantitative estimate of drug-likeness (QED) is 0.819. The van der Waals surface area contributed by atoms with Crippen LogP contribution in [0.4, 0.5) is 5.69 Å². The molecule has 0 saturated carbocycles. The van der Waals surface area contributed by atoms with E-state index in [1.165, 1.54) is 0 Å². The molecule has 0 spiro atoms. The molecule has 78 valence electrons. The topological polar surface area (TPSA) is 12.0 Å². The summed E-state index contributed by atoms with van der Waals surface area (Å²) in [4.78, 5) is 0. The lowest BCUT2D eigenvalue weighted by Gasteiger charge is -2.10. The van der Waals surface area contributed by atoms with Crippen molar-refractivity contribution in [1.82, 2.24) is 0 Å². The molecule has 0 unspecified atom stereocenters. The van der Waals surface area contributed by atoms with E-state index in [1.54, 1.807) is 11.8 Å². The molecule has 0 radical (unpaired) electrons. The van der Waals surface area contributed by atoms with Crippen molar-refractivity contribution in [3.8, 4) is 0 Å². The van der Waals surface area contributed by atoms with E-state index in [9.17, 15) is 0 Å². The third-order valence-electron chi connectivity index (χ3n) is 1.61. The molecule has 1 aromatic rings. The van der Waals surface area contributed by atoms with Crippen molar-refractivity contribution in [3.63, 3.8) is 0 Å². The molecule has 0 atom stereocenters. The van der Waals surface area contributed by atoms with Gasteiger partial charge in [0.15, 0.2) is 0 Å². The molecule has 1 aromatic carbocycles. The highest BCUT2D eigenvalue weighted by Gasteiger charge is 2.06. The van der Waals surface area contributed by atoms with Crippen LogP contribution in [0.3, 0.4) is 0 Å². The highest BCUT2D eigenvalue weighted by Crippen LogP contribution is 2.33. The van der Waals surface area contributed by atoms with Gasteiger partial charge in [-0.3, -0.25) is 0 Å². The van der Waals surface area contributed by atoms with Crippen molar-refractivity contribution in [2.24, 2.45) is 0 Å². The maximum Gasteiger partial charge on any atom is 0.0720 e. The van der Waals surface area contributed by atoms with E-state index < -0.39 is 0 Å². The van der Waals surface area contributed by atoms with E-state index in [1.807, 2.05) is 12.1 Å². The normalized spacial score (nSPS) is 10.3. The van der Waals surface area contributed by atoms with Crippen molar-refractivity contribution >= 4 is 56.6 Å². The van der Waals surface area contributed by atoms with Crippen LogP contribution in [0.15, 0.2) is 16.6 Å². The molecule has 1 nitrogen and oxygen atoms in total. The van der Waals surface area contributed by atoms with Crippen molar-refractivity contribution in [2.75, 3.05) is 23.9 Å². The molecular weight excluding hydrogens is 305 g/mol. The van der Waals surface area contributed by atoms with Gasteiger partial charge in [0, 0.05) is 16.8 Å². The lowest BCUT2D eigenvalue weighted by atomic mass is 10.3. The molecule has 14 heavy (non-hydrogen) atoms. The van der Waals surface area contributed by atoms with Crippen LogP contribution in [0.25, 0.3) is 0 Å². The summed E-state index contributed by atoms with van der Waals surface area (Å²) in [5.41, 5.74) is 0.811. The van der Waals surface area contributed by atoms with Gasteiger partial charge in [-0.15, -0.1) is 0 Å². The second-order valence-corrected chi connectivity index (χ2v) is 5.38. The molecule has 0 aliphatic rings. The summed E-state index contributed by atoms with van der Waals surface area (Å²) in [6.07, 6.45) is 2.06. The Morgan fingerprint density at radius 1 is 1.36 bits per heavy atom. The van der Waals surface area contributed by atoms with Gasteiger partial charge in [-0.2, -0.15) is 11.8 Å². The number of halogens is 3. The van der Waals surface area contributed by atoms with Gasteiger partial charge < -0.3 is 5.32 Å². The SMILES string of the molecule is CSCCNc1c(Cl)cc(Br)cc1Cl. The minimum absolute atomic E-state index is 0.644. The number of hydrogen-bond donors (Lipinski definition) is 1. The molecule has 0 aromatic heterocycles. The predicted octanol–water partition coefficient (Wildman–Crippen LogP) is 4.53. The fourth-order valence-corrected chi connectivity index (χ4v) is 2.64. The molecular formula is C9H10BrCl2NS. The molecule has 0 saturated heterocycles. The first-order chi connectivity index (χ1) is 6.65. The van der Waals surface area contributed by atoms with Gasteiger partial charge in [-0.05, 0) is 18.4 Å². The van der Waals surface area contributed by atoms with Crippen molar-refractivity contribution in [1.29, 1.82) is 0 Å². The highest BCUT2D eigenvalue weighted by molar-refractivity contribution is 9.10. The van der Waals surface area contributed by atoms with E-state index in [4.69, 9.17) is 23.2 Å². The smallest absolute Gasteiger partial charge is 0.0720 e. The van der Waals surface area contributed by atoms with Crippen LogP contribution in [0.2, 0.25) is 10.0 Å². The van der Waals surface area contributed by atoms with E-state index >= 15 is 0 Å². The maximum absolute atomic E-state index is 6.03. The van der Waals surface area contributed by atoms with Gasteiger partial charge in [0.2, 0.25) is 0 Å². The molecule has 0 aliphatic carbocycles. The number of nitrogens with one attached hydrogen (secondary N) is 1. The molecule has 0 bridgehead atoms. The van der Waals surface area contributed by atoms with Crippen LogP contribution < -0.4 is 5.32 Å². The van der Waals surface area contributed by atoms with Crippen molar-refractivity contribution in [2.45, 2.75) is 0 Å². The number of anilines is 1. The summed E-state index contributed by atoms with van der Waals surface area (Å²) in [5, 5.41) is 4.49. The standard InChI is InChI=1S/C9H10BrCl2NS/c1-14-3-2-13-9-7(11)4-6(10)5-8(9)12/h4-5,13H,2-3H2,1H3. The second-order valence-electron chi connectivity index (χ2n) is 2.66. The molecule has 0 amide bonds. The van der Waals surface area contributed by atoms with Gasteiger partial charge in [-0.1, -0.05) is 39.1 Å². The Bertz CT molecular complexity index is 297. The van der Waals surface area contributed by atoms with Crippen LogP contribution in [0.1, 0.15) is 0 Å². The Kier molecular flexibility index (Phi) is 5.45. The van der Waals surface area contributed by atoms with Gasteiger partial charge in [0.25, 0.3) is 0 Å². The zero-order valence-electron chi connectivity index (χ0n) is 7.61. The Morgan fingerprint density at radius 2 is 1.93 bits per heavy atom. The zero-order valence-corrected chi connectivity index (χ0v) is 11.5. The van der Waals surface area contributed by atoms with Crippen molar-refractivity contribution < 1.29 is 0 Å². The highest BCUT2D eigenvalue weighted by atomic mass is 79.9. The number of hydrogen-bond acceptors (Lipinski definition) is 2. The van der Waals surface area contributed by atoms with E-state index in [0.29, 0.717) is 10.0 Å².